The van der Waals surface area contributed by atoms with Crippen LogP contribution in [0.2, 0.25) is 24.2 Å². The maximum atomic E-state index is 3.07. The molecule has 0 N–H and O–H groups in total. The third kappa shape index (κ3) is 6.25. The van der Waals surface area contributed by atoms with E-state index in [-0.39, 0.29) is 0 Å². The first-order valence-corrected chi connectivity index (χ1v) is 26.2. The Balaban J connectivity index is 1.07. The van der Waals surface area contributed by atoms with Crippen molar-refractivity contribution in [2.45, 2.75) is 205 Å². The molecule has 0 nitrogen and oxygen atoms in total. The molecule has 8 aliphatic rings. The van der Waals surface area contributed by atoms with Crippen LogP contribution in [0.25, 0.3) is 0 Å². The molecular formula is C46H80Si. The first-order valence-electron chi connectivity index (χ1n) is 23.0. The summed E-state index contributed by atoms with van der Waals surface area (Å²) in [4.78, 5) is 0. The Kier molecular flexibility index (Phi) is 10.7. The van der Waals surface area contributed by atoms with Gasteiger partial charge in [0.1, 0.15) is 0 Å². The highest BCUT2D eigenvalue weighted by molar-refractivity contribution is 6.80. The summed E-state index contributed by atoms with van der Waals surface area (Å²) in [6.45, 7) is 11.2. The van der Waals surface area contributed by atoms with E-state index in [0.717, 1.165) is 93.9 Å². The van der Waals surface area contributed by atoms with Crippen molar-refractivity contribution in [2.24, 2.45) is 82.9 Å². The van der Waals surface area contributed by atoms with Crippen molar-refractivity contribution in [3.05, 3.63) is 0 Å². The predicted molar refractivity (Wildman–Crippen MR) is 205 cm³/mol. The third-order valence-electron chi connectivity index (χ3n) is 18.8. The summed E-state index contributed by atoms with van der Waals surface area (Å²) in [5, 5.41) is 0. The normalized spacial score (nSPS) is 50.3. The van der Waals surface area contributed by atoms with Gasteiger partial charge in [0.2, 0.25) is 0 Å². The van der Waals surface area contributed by atoms with E-state index < -0.39 is 8.07 Å². The minimum Gasteiger partial charge on any atom is -0.0689 e. The van der Waals surface area contributed by atoms with E-state index in [2.05, 4.69) is 26.9 Å². The number of fused-ring (bicyclic) bond motifs is 4. The van der Waals surface area contributed by atoms with Crippen LogP contribution in [0.5, 0.6) is 0 Å². The molecule has 0 spiro atoms. The minimum absolute atomic E-state index is 1.09. The summed E-state index contributed by atoms with van der Waals surface area (Å²) < 4.78 is 0. The van der Waals surface area contributed by atoms with Gasteiger partial charge in [0, 0.05) is 0 Å². The van der Waals surface area contributed by atoms with Crippen molar-refractivity contribution < 1.29 is 0 Å². The molecule has 8 saturated carbocycles. The molecule has 0 aromatic rings. The van der Waals surface area contributed by atoms with Gasteiger partial charge in [-0.3, -0.25) is 0 Å². The van der Waals surface area contributed by atoms with Gasteiger partial charge in [-0.2, -0.15) is 0 Å². The van der Waals surface area contributed by atoms with Crippen LogP contribution < -0.4 is 0 Å². The maximum absolute atomic E-state index is 3.07. The van der Waals surface area contributed by atoms with E-state index in [0.29, 0.717) is 0 Å². The van der Waals surface area contributed by atoms with E-state index >= 15 is 0 Å². The summed E-state index contributed by atoms with van der Waals surface area (Å²) in [7, 11) is -1.48. The van der Waals surface area contributed by atoms with Crippen molar-refractivity contribution in [1.82, 2.24) is 0 Å². The minimum atomic E-state index is -1.48. The van der Waals surface area contributed by atoms with E-state index in [9.17, 15) is 0 Å². The fourth-order valence-corrected chi connectivity index (χ4v) is 24.4. The first-order chi connectivity index (χ1) is 23.0. The van der Waals surface area contributed by atoms with E-state index in [1.54, 1.807) is 154 Å². The lowest BCUT2D eigenvalue weighted by molar-refractivity contribution is 0.0115. The second kappa shape index (κ2) is 14.7. The van der Waals surface area contributed by atoms with Gasteiger partial charge in [-0.25, -0.2) is 0 Å². The smallest absolute Gasteiger partial charge is 0.0547 e. The molecule has 8 aliphatic carbocycles. The Morgan fingerprint density at radius 2 is 0.681 bits per heavy atom. The SMILES string of the molecule is CCCC1CC2C(C3CCCC4CCCCC43)CCCC2C1[Si](C)(C)C1C(CCC)CC2C(C3CCCC4CCCCC43)CCCC21. The van der Waals surface area contributed by atoms with Crippen LogP contribution in [0, 0.1) is 82.9 Å². The predicted octanol–water partition coefficient (Wildman–Crippen LogP) is 14.4. The maximum Gasteiger partial charge on any atom is 0.0547 e. The monoisotopic (exact) mass is 661 g/mol. The molecule has 0 radical (unpaired) electrons. The Bertz CT molecular complexity index is 932. The van der Waals surface area contributed by atoms with Gasteiger partial charge in [-0.05, 0) is 145 Å². The van der Waals surface area contributed by atoms with Gasteiger partial charge in [-0.15, -0.1) is 0 Å². The summed E-state index contributed by atoms with van der Waals surface area (Å²) in [6.07, 6.45) is 41.3. The second-order valence-corrected chi connectivity index (χ2v) is 25.9. The molecule has 0 aromatic carbocycles. The molecule has 1 heteroatoms. The molecule has 0 saturated heterocycles. The van der Waals surface area contributed by atoms with Gasteiger partial charge in [-0.1, -0.05) is 143 Å². The molecule has 47 heavy (non-hydrogen) atoms. The third-order valence-corrected chi connectivity index (χ3v) is 24.1. The van der Waals surface area contributed by atoms with Gasteiger partial charge >= 0.3 is 0 Å². The molecule has 0 aromatic heterocycles. The van der Waals surface area contributed by atoms with Crippen molar-refractivity contribution in [1.29, 1.82) is 0 Å². The summed E-state index contributed by atoms with van der Waals surface area (Å²) >= 11 is 0. The Labute approximate surface area is 294 Å². The Morgan fingerprint density at radius 1 is 0.362 bits per heavy atom. The van der Waals surface area contributed by atoms with Gasteiger partial charge in [0.15, 0.2) is 0 Å². The highest BCUT2D eigenvalue weighted by atomic mass is 28.3. The largest absolute Gasteiger partial charge is 0.0689 e. The second-order valence-electron chi connectivity index (χ2n) is 20.9. The zero-order chi connectivity index (χ0) is 32.1. The van der Waals surface area contributed by atoms with Crippen molar-refractivity contribution in [3.63, 3.8) is 0 Å². The molecular weight excluding hydrogens is 581 g/mol. The molecule has 8 fully saturated rings. The molecule has 0 heterocycles. The molecule has 0 bridgehead atoms. The average Bonchev–Trinajstić information content (AvgIpc) is 3.67. The Hall–Kier alpha value is 0.217. The average molecular weight is 661 g/mol. The van der Waals surface area contributed by atoms with Gasteiger partial charge < -0.3 is 0 Å². The molecule has 268 valence electrons. The zero-order valence-electron chi connectivity index (χ0n) is 32.1. The van der Waals surface area contributed by atoms with Crippen LogP contribution in [0.1, 0.15) is 181 Å². The summed E-state index contributed by atoms with van der Waals surface area (Å²) in [5.41, 5.74) is 2.31. The molecule has 8 rings (SSSR count). The fourth-order valence-electron chi connectivity index (χ4n) is 17.9. The van der Waals surface area contributed by atoms with E-state index in [1.807, 2.05) is 0 Å². The van der Waals surface area contributed by atoms with Crippen LogP contribution in [0.4, 0.5) is 0 Å². The topological polar surface area (TPSA) is 0 Å². The lowest BCUT2D eigenvalue weighted by atomic mass is 9.57. The van der Waals surface area contributed by atoms with E-state index in [1.165, 1.54) is 12.8 Å². The van der Waals surface area contributed by atoms with Crippen LogP contribution in [-0.2, 0) is 0 Å². The lowest BCUT2D eigenvalue weighted by Crippen LogP contribution is -2.49. The molecule has 0 amide bonds. The van der Waals surface area contributed by atoms with Crippen LogP contribution in [-0.4, -0.2) is 8.07 Å². The highest BCUT2D eigenvalue weighted by Gasteiger charge is 2.62. The molecule has 0 aliphatic heterocycles. The molecule has 16 atom stereocenters. The fraction of sp³-hybridized carbons (Fsp3) is 1.00. The van der Waals surface area contributed by atoms with Crippen LogP contribution in [0.15, 0.2) is 0 Å². The standard InChI is InChI=1S/C46H80Si/c1-5-15-33-29-43-39(37-23-11-19-31-17-7-9-21-35(31)37)25-13-27-41(43)45(33)47(3,4)46-34(16-6-2)30-44-40(26-14-28-42(44)46)38-24-12-20-32-18-8-10-22-36(32)38/h31-46H,5-30H2,1-4H3. The summed E-state index contributed by atoms with van der Waals surface area (Å²) in [5.74, 6) is 15.6. The number of rotatable bonds is 8. The zero-order valence-corrected chi connectivity index (χ0v) is 33.1. The van der Waals surface area contributed by atoms with Gasteiger partial charge in [0.25, 0.3) is 0 Å². The first kappa shape index (κ1) is 34.3. The van der Waals surface area contributed by atoms with Crippen molar-refractivity contribution in [2.75, 3.05) is 0 Å². The van der Waals surface area contributed by atoms with E-state index in [4.69, 9.17) is 0 Å². The number of hydrogen-bond donors (Lipinski definition) is 0. The van der Waals surface area contributed by atoms with Crippen LogP contribution in [0.3, 0.4) is 0 Å². The highest BCUT2D eigenvalue weighted by Crippen LogP contribution is 2.69. The van der Waals surface area contributed by atoms with Crippen LogP contribution >= 0.6 is 0 Å². The van der Waals surface area contributed by atoms with Crippen molar-refractivity contribution >= 4 is 8.07 Å². The summed E-state index contributed by atoms with van der Waals surface area (Å²) in [6, 6.07) is 0. The lowest BCUT2D eigenvalue weighted by Gasteiger charge is -2.52. The van der Waals surface area contributed by atoms with Crippen molar-refractivity contribution in [3.8, 4) is 0 Å². The quantitative estimate of drug-likeness (QED) is 0.227. The number of hydrogen-bond acceptors (Lipinski definition) is 0. The Morgan fingerprint density at radius 3 is 1.11 bits per heavy atom. The molecule has 16 unspecified atom stereocenters. The van der Waals surface area contributed by atoms with Gasteiger partial charge in [0.05, 0.1) is 8.07 Å².